The molecule has 2 unspecified atom stereocenters. The Balaban J connectivity index is 1.52. The van der Waals surface area contributed by atoms with E-state index in [0.717, 1.165) is 48.4 Å². The van der Waals surface area contributed by atoms with Crippen molar-refractivity contribution >= 4 is 23.0 Å². The van der Waals surface area contributed by atoms with Gasteiger partial charge in [-0.05, 0) is 86.3 Å². The molecule has 2 aromatic rings. The molecule has 0 aliphatic heterocycles. The Labute approximate surface area is 179 Å². The fourth-order valence-electron chi connectivity index (χ4n) is 5.90. The van der Waals surface area contributed by atoms with Crippen molar-refractivity contribution in [2.24, 2.45) is 23.7 Å². The molecule has 6 heteroatoms. The van der Waals surface area contributed by atoms with Crippen LogP contribution in [0.2, 0.25) is 5.02 Å². The number of rotatable bonds is 3. The first-order valence-electron chi connectivity index (χ1n) is 10.4. The number of hydrogen-bond donors (Lipinski definition) is 1. The Morgan fingerprint density at radius 3 is 2.23 bits per heavy atom. The number of fused-ring (bicyclic) bond motifs is 2. The highest BCUT2D eigenvalue weighted by atomic mass is 35.5. The van der Waals surface area contributed by atoms with E-state index in [2.05, 4.69) is 4.98 Å². The molecule has 30 heavy (non-hydrogen) atoms. The predicted molar refractivity (Wildman–Crippen MR) is 112 cm³/mol. The number of ketones is 1. The van der Waals surface area contributed by atoms with E-state index in [9.17, 15) is 14.3 Å². The van der Waals surface area contributed by atoms with Crippen LogP contribution in [-0.2, 0) is 4.79 Å². The average Bonchev–Trinajstić information content (AvgIpc) is 2.98. The van der Waals surface area contributed by atoms with Crippen molar-refractivity contribution in [3.63, 3.8) is 0 Å². The van der Waals surface area contributed by atoms with Crippen LogP contribution in [0.5, 0.6) is 11.6 Å². The molecule has 1 N–H and O–H groups in total. The minimum Gasteiger partial charge on any atom is -0.511 e. The van der Waals surface area contributed by atoms with Gasteiger partial charge in [0.2, 0.25) is 0 Å². The molecule has 0 spiro atoms. The van der Waals surface area contributed by atoms with Crippen LogP contribution in [-0.4, -0.2) is 15.9 Å². The van der Waals surface area contributed by atoms with E-state index in [1.165, 1.54) is 6.20 Å². The summed E-state index contributed by atoms with van der Waals surface area (Å²) in [7, 11) is 0. The number of halogens is 2. The maximum absolute atomic E-state index is 14.1. The van der Waals surface area contributed by atoms with Gasteiger partial charge in [-0.15, -0.1) is 0 Å². The van der Waals surface area contributed by atoms with Crippen LogP contribution in [0, 0.1) is 43.3 Å². The number of pyridine rings is 1. The summed E-state index contributed by atoms with van der Waals surface area (Å²) in [6.45, 7) is 3.76. The van der Waals surface area contributed by atoms with Gasteiger partial charge < -0.3 is 9.84 Å². The number of ether oxygens (including phenoxy) is 1. The molecule has 4 nitrogen and oxygen atoms in total. The predicted octanol–water partition coefficient (Wildman–Crippen LogP) is 6.19. The number of hydrogen-bond acceptors (Lipinski definition) is 4. The van der Waals surface area contributed by atoms with Gasteiger partial charge in [-0.2, -0.15) is 0 Å². The molecule has 4 aliphatic rings. The first kappa shape index (κ1) is 19.6. The van der Waals surface area contributed by atoms with E-state index in [0.29, 0.717) is 23.2 Å². The lowest BCUT2D eigenvalue weighted by molar-refractivity contribution is -0.123. The van der Waals surface area contributed by atoms with Gasteiger partial charge in [-0.3, -0.25) is 4.79 Å². The zero-order chi connectivity index (χ0) is 21.2. The maximum atomic E-state index is 14.1. The molecule has 3 saturated carbocycles. The molecule has 6 rings (SSSR count). The van der Waals surface area contributed by atoms with Gasteiger partial charge in [0.25, 0.3) is 5.88 Å². The molecule has 0 amide bonds. The second-order valence-electron chi connectivity index (χ2n) is 8.83. The number of aromatic nitrogens is 1. The number of carbonyl (C=O) groups is 1. The number of carbonyl (C=O) groups excluding carboxylic acids is 1. The zero-order valence-electron chi connectivity index (χ0n) is 16.9. The van der Waals surface area contributed by atoms with Crippen LogP contribution in [0.15, 0.2) is 30.2 Å². The van der Waals surface area contributed by atoms with E-state index in [4.69, 9.17) is 16.3 Å². The standard InChI is InChI=1S/C24H23ClFNO3/c1-11-7-16(30-24-17(26)9-15(25)10-27-24)8-12(2)18(11)21-22(28)19-13-3-4-14(6-5-13)20(19)23(21)29/h7-10,13-14,19-20,28H,3-6H2,1-2H3. The topological polar surface area (TPSA) is 59.4 Å². The van der Waals surface area contributed by atoms with Crippen LogP contribution >= 0.6 is 11.6 Å². The van der Waals surface area contributed by atoms with Gasteiger partial charge >= 0.3 is 0 Å². The molecule has 1 aromatic carbocycles. The van der Waals surface area contributed by atoms with Gasteiger partial charge in [0.1, 0.15) is 11.5 Å². The largest absolute Gasteiger partial charge is 0.511 e. The van der Waals surface area contributed by atoms with Gasteiger partial charge in [0, 0.05) is 18.0 Å². The van der Waals surface area contributed by atoms with Crippen molar-refractivity contribution in [1.29, 1.82) is 0 Å². The third-order valence-electron chi connectivity index (χ3n) is 7.08. The van der Waals surface area contributed by atoms with E-state index in [-0.39, 0.29) is 34.3 Å². The Kier molecular flexibility index (Phi) is 4.62. The van der Waals surface area contributed by atoms with Crippen molar-refractivity contribution in [3.05, 3.63) is 57.7 Å². The fraction of sp³-hybridized carbons (Fsp3) is 0.417. The lowest BCUT2D eigenvalue weighted by atomic mass is 9.59. The summed E-state index contributed by atoms with van der Waals surface area (Å²) < 4.78 is 19.7. The molecule has 0 saturated heterocycles. The highest BCUT2D eigenvalue weighted by Gasteiger charge is 2.54. The average molecular weight is 428 g/mol. The molecule has 2 atom stereocenters. The van der Waals surface area contributed by atoms with Crippen molar-refractivity contribution < 1.29 is 19.0 Å². The van der Waals surface area contributed by atoms with Crippen LogP contribution < -0.4 is 4.74 Å². The summed E-state index contributed by atoms with van der Waals surface area (Å²) in [6.07, 6.45) is 5.69. The molecular weight excluding hydrogens is 405 g/mol. The monoisotopic (exact) mass is 427 g/mol. The first-order valence-corrected chi connectivity index (χ1v) is 10.8. The van der Waals surface area contributed by atoms with E-state index < -0.39 is 5.82 Å². The van der Waals surface area contributed by atoms with Crippen molar-refractivity contribution in [1.82, 2.24) is 4.98 Å². The minimum absolute atomic E-state index is 0.0258. The molecule has 1 heterocycles. The van der Waals surface area contributed by atoms with Crippen molar-refractivity contribution in [2.75, 3.05) is 0 Å². The molecule has 4 aliphatic carbocycles. The second-order valence-corrected chi connectivity index (χ2v) is 9.26. The van der Waals surface area contributed by atoms with Crippen LogP contribution in [0.3, 0.4) is 0 Å². The Bertz CT molecular complexity index is 1060. The zero-order valence-corrected chi connectivity index (χ0v) is 17.7. The number of aryl methyl sites for hydroxylation is 2. The molecular formula is C24H23ClFNO3. The lowest BCUT2D eigenvalue weighted by Gasteiger charge is -2.44. The number of aliphatic hydroxyl groups is 1. The van der Waals surface area contributed by atoms with Gasteiger partial charge in [-0.25, -0.2) is 9.37 Å². The fourth-order valence-corrected chi connectivity index (χ4v) is 6.04. The Morgan fingerprint density at radius 2 is 1.67 bits per heavy atom. The Hall–Kier alpha value is -2.40. The molecule has 156 valence electrons. The molecule has 2 bridgehead atoms. The maximum Gasteiger partial charge on any atom is 0.255 e. The minimum atomic E-state index is -0.646. The number of aliphatic hydroxyl groups excluding tert-OH is 1. The van der Waals surface area contributed by atoms with Gasteiger partial charge in [-0.1, -0.05) is 11.6 Å². The third-order valence-corrected chi connectivity index (χ3v) is 7.29. The summed E-state index contributed by atoms with van der Waals surface area (Å²) in [5.74, 6) is 0.655. The number of allylic oxidation sites excluding steroid dienone is 2. The van der Waals surface area contributed by atoms with Crippen molar-refractivity contribution in [2.45, 2.75) is 39.5 Å². The highest BCUT2D eigenvalue weighted by Crippen LogP contribution is 2.57. The van der Waals surface area contributed by atoms with Gasteiger partial charge in [0.05, 0.1) is 10.6 Å². The summed E-state index contributed by atoms with van der Waals surface area (Å²) >= 11 is 5.75. The van der Waals surface area contributed by atoms with Crippen LogP contribution in [0.25, 0.3) is 5.57 Å². The summed E-state index contributed by atoms with van der Waals surface area (Å²) in [5.41, 5.74) is 2.85. The number of Topliss-reactive ketones (excluding diaryl/α,β-unsaturated/α-hetero) is 1. The summed E-state index contributed by atoms with van der Waals surface area (Å²) in [6, 6.07) is 4.65. The normalized spacial score (nSPS) is 27.5. The third kappa shape index (κ3) is 2.94. The SMILES string of the molecule is Cc1cc(Oc2ncc(Cl)cc2F)cc(C)c1C1=C(O)C2C3CCC(CC3)C2C1=O. The van der Waals surface area contributed by atoms with E-state index in [1.54, 1.807) is 12.1 Å². The van der Waals surface area contributed by atoms with Crippen LogP contribution in [0.4, 0.5) is 4.39 Å². The highest BCUT2D eigenvalue weighted by molar-refractivity contribution is 6.30. The molecule has 3 fully saturated rings. The molecule has 1 aromatic heterocycles. The lowest BCUT2D eigenvalue weighted by Crippen LogP contribution is -2.41. The molecule has 0 radical (unpaired) electrons. The second kappa shape index (κ2) is 7.09. The smallest absolute Gasteiger partial charge is 0.255 e. The Morgan fingerprint density at radius 1 is 1.07 bits per heavy atom. The van der Waals surface area contributed by atoms with Gasteiger partial charge in [0.15, 0.2) is 11.6 Å². The number of benzene rings is 1. The summed E-state index contributed by atoms with van der Waals surface area (Å²) in [4.78, 5) is 17.3. The first-order chi connectivity index (χ1) is 14.3. The van der Waals surface area contributed by atoms with Crippen molar-refractivity contribution in [3.8, 4) is 11.6 Å². The quantitative estimate of drug-likeness (QED) is 0.634. The van der Waals surface area contributed by atoms with E-state index >= 15 is 0 Å². The van der Waals surface area contributed by atoms with Crippen LogP contribution in [0.1, 0.15) is 42.4 Å². The summed E-state index contributed by atoms with van der Waals surface area (Å²) in [5, 5.41) is 11.3. The number of nitrogens with zero attached hydrogens (tertiary/aromatic N) is 1. The van der Waals surface area contributed by atoms with E-state index in [1.807, 2.05) is 13.8 Å².